The van der Waals surface area contributed by atoms with E-state index in [4.69, 9.17) is 9.47 Å². The number of carbonyl (C=O) groups is 1. The number of ether oxygens (including phenoxy) is 2. The van der Waals surface area contributed by atoms with Crippen molar-refractivity contribution in [2.75, 3.05) is 65.5 Å². The molecule has 7 nitrogen and oxygen atoms in total. The molecule has 1 aliphatic rings. The number of methoxy groups -OCH3 is 1. The molecule has 0 aliphatic carbocycles. The van der Waals surface area contributed by atoms with Crippen LogP contribution in [-0.4, -0.2) is 80.7 Å². The Morgan fingerprint density at radius 2 is 1.83 bits per heavy atom. The SMILES string of the molecule is COc1cc(C)c(SN(C)CCOCC(=O)N(C)CC2CCN(c3ccnc(C)c3)CC2)c(C)c1. The average molecular weight is 501 g/mol. The second-order valence-electron chi connectivity index (χ2n) is 9.45. The fourth-order valence-electron chi connectivity index (χ4n) is 4.43. The topological polar surface area (TPSA) is 58.1 Å². The van der Waals surface area contributed by atoms with Crippen molar-refractivity contribution in [3.63, 3.8) is 0 Å². The van der Waals surface area contributed by atoms with Gasteiger partial charge in [0.15, 0.2) is 0 Å². The lowest BCUT2D eigenvalue weighted by Crippen LogP contribution is -2.40. The average Bonchev–Trinajstić information content (AvgIpc) is 2.84. The summed E-state index contributed by atoms with van der Waals surface area (Å²) in [5, 5.41) is 0. The summed E-state index contributed by atoms with van der Waals surface area (Å²) < 4.78 is 13.2. The number of anilines is 1. The first-order chi connectivity index (χ1) is 16.8. The fraction of sp³-hybridized carbons (Fsp3) is 0.556. The molecule has 1 aliphatic heterocycles. The minimum atomic E-state index is 0.0503. The van der Waals surface area contributed by atoms with Gasteiger partial charge in [-0.15, -0.1) is 0 Å². The summed E-state index contributed by atoms with van der Waals surface area (Å²) in [5.74, 6) is 1.46. The minimum Gasteiger partial charge on any atom is -0.497 e. The van der Waals surface area contributed by atoms with Crippen molar-refractivity contribution in [2.24, 2.45) is 5.92 Å². The Labute approximate surface area is 214 Å². The van der Waals surface area contributed by atoms with Crippen molar-refractivity contribution < 1.29 is 14.3 Å². The maximum atomic E-state index is 12.6. The number of pyridine rings is 1. The van der Waals surface area contributed by atoms with Gasteiger partial charge in [0.1, 0.15) is 12.4 Å². The Hall–Kier alpha value is -2.29. The number of amides is 1. The van der Waals surface area contributed by atoms with Crippen molar-refractivity contribution in [1.29, 1.82) is 0 Å². The van der Waals surface area contributed by atoms with Gasteiger partial charge in [-0.1, -0.05) is 0 Å². The van der Waals surface area contributed by atoms with Gasteiger partial charge >= 0.3 is 0 Å². The van der Waals surface area contributed by atoms with Crippen LogP contribution in [0.15, 0.2) is 35.4 Å². The van der Waals surface area contributed by atoms with Crippen LogP contribution in [0.5, 0.6) is 5.75 Å². The first-order valence-electron chi connectivity index (χ1n) is 12.3. The number of benzene rings is 1. The molecule has 0 spiro atoms. The van der Waals surface area contributed by atoms with E-state index >= 15 is 0 Å². The van der Waals surface area contributed by atoms with Crippen LogP contribution >= 0.6 is 11.9 Å². The van der Waals surface area contributed by atoms with Gasteiger partial charge in [-0.2, -0.15) is 0 Å². The predicted molar refractivity (Wildman–Crippen MR) is 143 cm³/mol. The van der Waals surface area contributed by atoms with Gasteiger partial charge in [-0.05, 0) is 93.9 Å². The molecule has 1 amide bonds. The number of nitrogens with zero attached hydrogens (tertiary/aromatic N) is 4. The van der Waals surface area contributed by atoms with Gasteiger partial charge in [-0.3, -0.25) is 9.78 Å². The zero-order valence-electron chi connectivity index (χ0n) is 22.0. The van der Waals surface area contributed by atoms with Crippen molar-refractivity contribution in [3.05, 3.63) is 47.3 Å². The van der Waals surface area contributed by atoms with Crippen LogP contribution in [0, 0.1) is 26.7 Å². The lowest BCUT2D eigenvalue weighted by atomic mass is 9.96. The summed E-state index contributed by atoms with van der Waals surface area (Å²) in [6.07, 6.45) is 4.05. The Morgan fingerprint density at radius 1 is 1.14 bits per heavy atom. The minimum absolute atomic E-state index is 0.0503. The third-order valence-electron chi connectivity index (χ3n) is 6.51. The molecular formula is C27H40N4O3S. The van der Waals surface area contributed by atoms with Gasteiger partial charge in [0.05, 0.1) is 13.7 Å². The van der Waals surface area contributed by atoms with Crippen molar-refractivity contribution in [1.82, 2.24) is 14.2 Å². The molecule has 192 valence electrons. The Balaban J connectivity index is 1.33. The molecule has 0 bridgehead atoms. The molecule has 1 aromatic carbocycles. The highest BCUT2D eigenvalue weighted by molar-refractivity contribution is 7.97. The third kappa shape index (κ3) is 8.12. The Kier molecular flexibility index (Phi) is 10.2. The van der Waals surface area contributed by atoms with E-state index in [1.807, 2.05) is 32.1 Å². The quantitative estimate of drug-likeness (QED) is 0.336. The van der Waals surface area contributed by atoms with Gasteiger partial charge < -0.3 is 19.3 Å². The number of carbonyl (C=O) groups excluding carboxylic acids is 1. The maximum Gasteiger partial charge on any atom is 0.248 e. The number of likely N-dealkylation sites (N-methyl/N-ethyl adjacent to an activating group) is 2. The zero-order chi connectivity index (χ0) is 25.4. The lowest BCUT2D eigenvalue weighted by Gasteiger charge is -2.35. The summed E-state index contributed by atoms with van der Waals surface area (Å²) in [7, 11) is 5.63. The zero-order valence-corrected chi connectivity index (χ0v) is 22.9. The van der Waals surface area contributed by atoms with Crippen LogP contribution < -0.4 is 9.64 Å². The molecule has 8 heteroatoms. The molecule has 3 rings (SSSR count). The number of aromatic nitrogens is 1. The van der Waals surface area contributed by atoms with E-state index in [1.54, 1.807) is 19.1 Å². The van der Waals surface area contributed by atoms with Gasteiger partial charge in [-0.25, -0.2) is 4.31 Å². The summed E-state index contributed by atoms with van der Waals surface area (Å²) in [6, 6.07) is 8.33. The summed E-state index contributed by atoms with van der Waals surface area (Å²) in [5.41, 5.74) is 4.68. The molecule has 35 heavy (non-hydrogen) atoms. The van der Waals surface area contributed by atoms with Crippen molar-refractivity contribution in [3.8, 4) is 5.75 Å². The molecule has 1 saturated heterocycles. The maximum absolute atomic E-state index is 12.6. The summed E-state index contributed by atoms with van der Waals surface area (Å²) in [4.78, 5) is 22.3. The summed E-state index contributed by atoms with van der Waals surface area (Å²) in [6.45, 7) is 10.4. The molecule has 1 fully saturated rings. The van der Waals surface area contributed by atoms with E-state index in [1.165, 1.54) is 21.7 Å². The first kappa shape index (κ1) is 27.3. The van der Waals surface area contributed by atoms with E-state index < -0.39 is 0 Å². The van der Waals surface area contributed by atoms with Gasteiger partial charge in [0.2, 0.25) is 5.91 Å². The molecule has 1 aromatic heterocycles. The highest BCUT2D eigenvalue weighted by Gasteiger charge is 2.22. The van der Waals surface area contributed by atoms with Crippen LogP contribution in [0.2, 0.25) is 0 Å². The first-order valence-corrected chi connectivity index (χ1v) is 13.1. The van der Waals surface area contributed by atoms with Crippen molar-refractivity contribution in [2.45, 2.75) is 38.5 Å². The standard InChI is InChI=1S/C27H40N4O3S/c1-20-15-25(33-6)16-21(2)27(20)35-30(5)13-14-34-19-26(32)29(4)18-23-8-11-31(12-9-23)24-7-10-28-22(3)17-24/h7,10,15-17,23H,8-9,11-14,18-19H2,1-6H3. The largest absolute Gasteiger partial charge is 0.497 e. The molecule has 2 heterocycles. The Bertz CT molecular complexity index is 956. The number of hydrogen-bond donors (Lipinski definition) is 0. The molecular weight excluding hydrogens is 460 g/mol. The molecule has 0 unspecified atom stereocenters. The predicted octanol–water partition coefficient (Wildman–Crippen LogP) is 4.35. The number of aryl methyl sites for hydroxylation is 3. The molecule has 0 saturated carbocycles. The fourth-order valence-corrected chi connectivity index (χ4v) is 5.31. The monoisotopic (exact) mass is 500 g/mol. The molecule has 2 aromatic rings. The van der Waals surface area contributed by atoms with Crippen LogP contribution in [-0.2, 0) is 9.53 Å². The molecule has 0 atom stereocenters. The van der Waals surface area contributed by atoms with E-state index in [0.29, 0.717) is 12.5 Å². The lowest BCUT2D eigenvalue weighted by molar-refractivity contribution is -0.135. The van der Waals surface area contributed by atoms with E-state index in [0.717, 1.165) is 50.5 Å². The second-order valence-corrected chi connectivity index (χ2v) is 10.7. The van der Waals surface area contributed by atoms with Crippen molar-refractivity contribution >= 4 is 23.5 Å². The molecule has 0 N–H and O–H groups in total. The summed E-state index contributed by atoms with van der Waals surface area (Å²) >= 11 is 1.70. The number of hydrogen-bond acceptors (Lipinski definition) is 7. The highest BCUT2D eigenvalue weighted by Crippen LogP contribution is 2.31. The second kappa shape index (κ2) is 13.1. The highest BCUT2D eigenvalue weighted by atomic mass is 32.2. The van der Waals surface area contributed by atoms with Crippen LogP contribution in [0.25, 0.3) is 0 Å². The number of piperidine rings is 1. The normalized spacial score (nSPS) is 14.4. The van der Waals surface area contributed by atoms with Crippen LogP contribution in [0.4, 0.5) is 5.69 Å². The van der Waals surface area contributed by atoms with Crippen LogP contribution in [0.1, 0.15) is 29.7 Å². The smallest absolute Gasteiger partial charge is 0.248 e. The van der Waals surface area contributed by atoms with Crippen LogP contribution in [0.3, 0.4) is 0 Å². The molecule has 0 radical (unpaired) electrons. The van der Waals surface area contributed by atoms with E-state index in [2.05, 4.69) is 52.3 Å². The number of rotatable bonds is 11. The Morgan fingerprint density at radius 3 is 2.46 bits per heavy atom. The third-order valence-corrected chi connectivity index (χ3v) is 7.83. The van der Waals surface area contributed by atoms with E-state index in [9.17, 15) is 4.79 Å². The van der Waals surface area contributed by atoms with Gasteiger partial charge in [0.25, 0.3) is 0 Å². The van der Waals surface area contributed by atoms with Gasteiger partial charge in [0, 0.05) is 55.7 Å². The van der Waals surface area contributed by atoms with E-state index in [-0.39, 0.29) is 12.5 Å².